The van der Waals surface area contributed by atoms with Gasteiger partial charge in [-0.05, 0) is 90.3 Å². The number of aromatic nitrogens is 3. The average molecular weight is 702 g/mol. The number of anilines is 1. The van der Waals surface area contributed by atoms with Crippen molar-refractivity contribution in [2.24, 2.45) is 5.41 Å². The third-order valence-electron chi connectivity index (χ3n) is 10.7. The van der Waals surface area contributed by atoms with Crippen molar-refractivity contribution in [3.63, 3.8) is 0 Å². The molecule has 4 heterocycles. The monoisotopic (exact) mass is 701 g/mol. The second-order valence-corrected chi connectivity index (χ2v) is 15.7. The molecular formula is C38H48FN7O5. The number of halogens is 1. The second-order valence-electron chi connectivity index (χ2n) is 15.7. The minimum absolute atomic E-state index is 0.0316. The number of rotatable bonds is 7. The molecule has 0 radical (unpaired) electrons. The summed E-state index contributed by atoms with van der Waals surface area (Å²) in [6, 6.07) is 12.6. The number of likely N-dealkylation sites (tertiary alicyclic amines) is 2. The van der Waals surface area contributed by atoms with Gasteiger partial charge in [0.2, 0.25) is 5.95 Å². The molecule has 4 fully saturated rings. The van der Waals surface area contributed by atoms with Crippen LogP contribution in [0.15, 0.2) is 59.7 Å². The van der Waals surface area contributed by atoms with Crippen LogP contribution in [-0.4, -0.2) is 92.5 Å². The number of nitrogens with one attached hydrogen (secondary N) is 2. The number of hydrogen-bond acceptors (Lipinski definition) is 9. The van der Waals surface area contributed by atoms with Crippen molar-refractivity contribution in [2.45, 2.75) is 102 Å². The van der Waals surface area contributed by atoms with Gasteiger partial charge in [-0.15, -0.1) is 0 Å². The van der Waals surface area contributed by atoms with Gasteiger partial charge in [-0.25, -0.2) is 23.9 Å². The fourth-order valence-corrected chi connectivity index (χ4v) is 8.06. The van der Waals surface area contributed by atoms with E-state index in [1.165, 1.54) is 10.6 Å². The van der Waals surface area contributed by atoms with E-state index in [1.807, 2.05) is 25.7 Å². The van der Waals surface area contributed by atoms with Gasteiger partial charge in [0.25, 0.3) is 5.56 Å². The number of ether oxygens (including phenoxy) is 2. The molecule has 51 heavy (non-hydrogen) atoms. The zero-order valence-electron chi connectivity index (χ0n) is 29.6. The van der Waals surface area contributed by atoms with Gasteiger partial charge in [0.15, 0.2) is 5.82 Å². The van der Waals surface area contributed by atoms with E-state index < -0.39 is 11.4 Å². The maximum Gasteiger partial charge on any atom is 0.410 e. The first-order valence-corrected chi connectivity index (χ1v) is 18.2. The van der Waals surface area contributed by atoms with E-state index in [-0.39, 0.29) is 47.0 Å². The number of benzene rings is 1. The van der Waals surface area contributed by atoms with E-state index in [2.05, 4.69) is 25.5 Å². The quantitative estimate of drug-likeness (QED) is 0.317. The molecule has 2 saturated carbocycles. The zero-order chi connectivity index (χ0) is 35.8. The Kier molecular flexibility index (Phi) is 9.75. The largest absolute Gasteiger partial charge is 0.446 e. The number of carbonyl (C=O) groups excluding carboxylic acids is 2. The summed E-state index contributed by atoms with van der Waals surface area (Å²) in [6.45, 7) is 9.19. The van der Waals surface area contributed by atoms with Gasteiger partial charge in [0.05, 0.1) is 6.20 Å². The van der Waals surface area contributed by atoms with Gasteiger partial charge in [-0.2, -0.15) is 0 Å². The molecule has 1 aromatic carbocycles. The second kappa shape index (κ2) is 14.2. The molecule has 2 aliphatic heterocycles. The van der Waals surface area contributed by atoms with Gasteiger partial charge in [0, 0.05) is 73.2 Å². The van der Waals surface area contributed by atoms with E-state index in [0.717, 1.165) is 83.7 Å². The molecule has 3 aromatic rings. The fraction of sp³-hybridized carbons (Fsp3) is 0.553. The predicted octanol–water partition coefficient (Wildman–Crippen LogP) is 5.75. The summed E-state index contributed by atoms with van der Waals surface area (Å²) in [5.74, 6) is -0.210. The van der Waals surface area contributed by atoms with Crippen LogP contribution < -0.4 is 16.2 Å². The van der Waals surface area contributed by atoms with Gasteiger partial charge < -0.3 is 25.0 Å². The Bertz CT molecular complexity index is 1780. The Morgan fingerprint density at radius 1 is 0.961 bits per heavy atom. The van der Waals surface area contributed by atoms with Crippen LogP contribution in [0.2, 0.25) is 0 Å². The number of piperidine rings is 1. The summed E-state index contributed by atoms with van der Waals surface area (Å²) in [7, 11) is 0. The van der Waals surface area contributed by atoms with E-state index >= 15 is 0 Å². The van der Waals surface area contributed by atoms with Crippen LogP contribution in [0.1, 0.15) is 72.1 Å². The first-order chi connectivity index (χ1) is 24.4. The van der Waals surface area contributed by atoms with Crippen molar-refractivity contribution in [3.05, 3.63) is 71.0 Å². The van der Waals surface area contributed by atoms with Gasteiger partial charge in [0.1, 0.15) is 17.4 Å². The highest BCUT2D eigenvalue weighted by Crippen LogP contribution is 2.51. The zero-order valence-corrected chi connectivity index (χ0v) is 29.6. The fourth-order valence-electron chi connectivity index (χ4n) is 8.06. The van der Waals surface area contributed by atoms with E-state index in [1.54, 1.807) is 42.6 Å². The Morgan fingerprint density at radius 3 is 2.39 bits per heavy atom. The molecule has 7 rings (SSSR count). The molecule has 2 amide bonds. The summed E-state index contributed by atoms with van der Waals surface area (Å²) in [5.41, 5.74) is 0.914. The number of carbonyl (C=O) groups is 2. The van der Waals surface area contributed by atoms with Crippen molar-refractivity contribution in [2.75, 3.05) is 31.5 Å². The van der Waals surface area contributed by atoms with Crippen molar-refractivity contribution in [3.8, 4) is 16.9 Å². The van der Waals surface area contributed by atoms with E-state index in [4.69, 9.17) is 9.47 Å². The standard InChI is InChI=1S/C38H48FN7O5/c1-37(2,3)51-36(49)44-17-14-28(15-18-44)45-23-38(24-45)20-30(21-38)50-35(48)42-27-12-10-26(11-13-27)41-34-40-22-31(39)33(43-34)25-7-6-8-29(19-25)46-16-5-4-9-32(46)47/h4-9,16,19,22,26-28,30H,10-15,17-18,20-21,23-24H2,1-3H3,(H,42,48)(H,40,41,43). The summed E-state index contributed by atoms with van der Waals surface area (Å²) in [5, 5.41) is 6.41. The lowest BCUT2D eigenvalue weighted by Gasteiger charge is -2.61. The first kappa shape index (κ1) is 34.9. The highest BCUT2D eigenvalue weighted by molar-refractivity contribution is 5.68. The lowest BCUT2D eigenvalue weighted by molar-refractivity contribution is -0.147. The number of nitrogens with zero attached hydrogens (tertiary/aromatic N) is 5. The van der Waals surface area contributed by atoms with E-state index in [9.17, 15) is 18.8 Å². The lowest BCUT2D eigenvalue weighted by Crippen LogP contribution is -2.67. The first-order valence-electron chi connectivity index (χ1n) is 18.2. The van der Waals surface area contributed by atoms with Crippen LogP contribution in [0.3, 0.4) is 0 Å². The lowest BCUT2D eigenvalue weighted by atomic mass is 9.61. The van der Waals surface area contributed by atoms with Crippen LogP contribution in [0, 0.1) is 11.2 Å². The van der Waals surface area contributed by atoms with Gasteiger partial charge in [-0.3, -0.25) is 14.3 Å². The SMILES string of the molecule is CC(C)(C)OC(=O)N1CCC(N2CC3(CC(OC(=O)NC4CCC(Nc5ncc(F)c(-c6cccc(-n7ccccc7=O)c6)n5)CC4)C3)C2)CC1. The Balaban J connectivity index is 0.815. The molecule has 2 N–H and O–H groups in total. The molecule has 0 atom stereocenters. The van der Waals surface area contributed by atoms with Crippen LogP contribution in [0.25, 0.3) is 16.9 Å². The normalized spacial score (nSPS) is 22.5. The molecule has 1 spiro atoms. The highest BCUT2D eigenvalue weighted by Gasteiger charge is 2.55. The van der Waals surface area contributed by atoms with Gasteiger partial charge >= 0.3 is 12.2 Å². The summed E-state index contributed by atoms with van der Waals surface area (Å²) in [6.07, 6.45) is 9.11. The maximum absolute atomic E-state index is 14.9. The van der Waals surface area contributed by atoms with Crippen molar-refractivity contribution < 1.29 is 23.5 Å². The maximum atomic E-state index is 14.9. The number of hydrogen-bond donors (Lipinski definition) is 2. The van der Waals surface area contributed by atoms with Crippen LogP contribution in [0.4, 0.5) is 19.9 Å². The minimum atomic E-state index is -0.547. The van der Waals surface area contributed by atoms with Crippen LogP contribution >= 0.6 is 0 Å². The molecule has 0 unspecified atom stereocenters. The highest BCUT2D eigenvalue weighted by atomic mass is 19.1. The number of pyridine rings is 1. The Labute approximate surface area is 297 Å². The smallest absolute Gasteiger partial charge is 0.410 e. The van der Waals surface area contributed by atoms with Gasteiger partial charge in [-0.1, -0.05) is 18.2 Å². The third-order valence-corrected chi connectivity index (χ3v) is 10.7. The Hall–Kier alpha value is -4.52. The predicted molar refractivity (Wildman–Crippen MR) is 190 cm³/mol. The van der Waals surface area contributed by atoms with E-state index in [0.29, 0.717) is 23.2 Å². The van der Waals surface area contributed by atoms with Crippen molar-refractivity contribution in [1.82, 2.24) is 29.7 Å². The average Bonchev–Trinajstić information content (AvgIpc) is 3.06. The number of alkyl carbamates (subject to hydrolysis) is 1. The topological polar surface area (TPSA) is 131 Å². The molecular weight excluding hydrogens is 653 g/mol. The molecule has 2 aliphatic carbocycles. The van der Waals surface area contributed by atoms with Crippen molar-refractivity contribution in [1.29, 1.82) is 0 Å². The molecule has 2 aromatic heterocycles. The molecule has 12 nitrogen and oxygen atoms in total. The van der Waals surface area contributed by atoms with Crippen LogP contribution in [-0.2, 0) is 9.47 Å². The van der Waals surface area contributed by atoms with Crippen molar-refractivity contribution >= 4 is 18.1 Å². The molecule has 0 bridgehead atoms. The molecule has 13 heteroatoms. The number of amides is 2. The van der Waals surface area contributed by atoms with Crippen LogP contribution in [0.5, 0.6) is 0 Å². The molecule has 4 aliphatic rings. The molecule has 2 saturated heterocycles. The minimum Gasteiger partial charge on any atom is -0.446 e. The third kappa shape index (κ3) is 8.19. The Morgan fingerprint density at radius 2 is 1.69 bits per heavy atom. The summed E-state index contributed by atoms with van der Waals surface area (Å²) < 4.78 is 27.7. The summed E-state index contributed by atoms with van der Waals surface area (Å²) >= 11 is 0. The molecule has 272 valence electrons. The summed E-state index contributed by atoms with van der Waals surface area (Å²) in [4.78, 5) is 50.5.